The summed E-state index contributed by atoms with van der Waals surface area (Å²) in [4.78, 5) is 0. The highest BCUT2D eigenvalue weighted by Crippen LogP contribution is 2.48. The number of fused-ring (bicyclic) bond motifs is 3. The van der Waals surface area contributed by atoms with Gasteiger partial charge in [0.2, 0.25) is 6.23 Å². The maximum absolute atomic E-state index is 6.42. The van der Waals surface area contributed by atoms with Crippen LogP contribution in [0.2, 0.25) is 0 Å². The molecule has 1 aromatic heterocycles. The summed E-state index contributed by atoms with van der Waals surface area (Å²) in [6.07, 6.45) is 2.23. The van der Waals surface area contributed by atoms with E-state index in [1.165, 1.54) is 5.56 Å². The van der Waals surface area contributed by atoms with Gasteiger partial charge in [0.05, 0.1) is 12.3 Å². The Labute approximate surface area is 172 Å². The van der Waals surface area contributed by atoms with Gasteiger partial charge in [0.25, 0.3) is 0 Å². The van der Waals surface area contributed by atoms with Crippen LogP contribution in [0, 0.1) is 0 Å². The van der Waals surface area contributed by atoms with E-state index < -0.39 is 0 Å². The van der Waals surface area contributed by atoms with Gasteiger partial charge in [-0.3, -0.25) is 0 Å². The zero-order valence-corrected chi connectivity index (χ0v) is 17.4. The van der Waals surface area contributed by atoms with E-state index in [2.05, 4.69) is 65.1 Å². The number of halogens is 1. The van der Waals surface area contributed by atoms with Crippen LogP contribution in [0.25, 0.3) is 0 Å². The Morgan fingerprint density at radius 2 is 1.93 bits per heavy atom. The molecule has 3 heterocycles. The lowest BCUT2D eigenvalue weighted by atomic mass is 9.96. The van der Waals surface area contributed by atoms with Crippen molar-refractivity contribution >= 4 is 21.6 Å². The molecule has 0 fully saturated rings. The molecule has 0 saturated heterocycles. The highest BCUT2D eigenvalue weighted by molar-refractivity contribution is 9.10. The number of furan rings is 1. The number of ether oxygens (including phenoxy) is 1. The molecule has 3 aromatic rings. The second kappa shape index (κ2) is 6.82. The minimum atomic E-state index is -0.257. The summed E-state index contributed by atoms with van der Waals surface area (Å²) in [5, 5.41) is 6.99. The Kier molecular flexibility index (Phi) is 4.27. The predicted molar refractivity (Wildman–Crippen MR) is 112 cm³/mol. The van der Waals surface area contributed by atoms with E-state index in [1.807, 2.05) is 24.3 Å². The molecule has 0 saturated carbocycles. The number of hydrazone groups is 1. The molecule has 5 rings (SSSR count). The first-order valence-electron chi connectivity index (χ1n) is 9.56. The molecule has 5 heteroatoms. The first kappa shape index (κ1) is 17.6. The first-order chi connectivity index (χ1) is 13.6. The largest absolute Gasteiger partial charge is 0.464 e. The molecule has 0 aliphatic carbocycles. The van der Waals surface area contributed by atoms with Gasteiger partial charge in [-0.25, -0.2) is 5.01 Å². The lowest BCUT2D eigenvalue weighted by molar-refractivity contribution is -0.0190. The minimum Gasteiger partial charge on any atom is -0.464 e. The SMILES string of the molecule is CC(C)c1ccc([C@@H]2Oc3ccc(Br)cc3[C@@H]3CC(c4ccco4)=NN32)cc1. The van der Waals surface area contributed by atoms with Crippen molar-refractivity contribution in [1.82, 2.24) is 5.01 Å². The second-order valence-corrected chi connectivity index (χ2v) is 8.51. The van der Waals surface area contributed by atoms with Crippen LogP contribution in [-0.2, 0) is 0 Å². The summed E-state index contributed by atoms with van der Waals surface area (Å²) in [5.41, 5.74) is 4.53. The van der Waals surface area contributed by atoms with Gasteiger partial charge in [0.1, 0.15) is 17.2 Å². The van der Waals surface area contributed by atoms with Crippen LogP contribution in [-0.4, -0.2) is 10.7 Å². The third-order valence-corrected chi connectivity index (χ3v) is 5.94. The molecule has 0 bridgehead atoms. The molecule has 0 radical (unpaired) electrons. The molecule has 2 atom stereocenters. The Hall–Kier alpha value is -2.53. The van der Waals surface area contributed by atoms with Gasteiger partial charge in [-0.15, -0.1) is 0 Å². The molecule has 28 heavy (non-hydrogen) atoms. The van der Waals surface area contributed by atoms with E-state index in [9.17, 15) is 0 Å². The summed E-state index contributed by atoms with van der Waals surface area (Å²) in [7, 11) is 0. The summed E-state index contributed by atoms with van der Waals surface area (Å²) < 4.78 is 13.1. The topological polar surface area (TPSA) is 38.0 Å². The van der Waals surface area contributed by atoms with Crippen LogP contribution in [0.4, 0.5) is 0 Å². The summed E-state index contributed by atoms with van der Waals surface area (Å²) in [5.74, 6) is 2.24. The molecular formula is C23H21BrN2O2. The quantitative estimate of drug-likeness (QED) is 0.475. The molecule has 2 aliphatic rings. The zero-order valence-electron chi connectivity index (χ0n) is 15.8. The number of rotatable bonds is 3. The number of hydrogen-bond acceptors (Lipinski definition) is 4. The van der Waals surface area contributed by atoms with E-state index in [4.69, 9.17) is 14.3 Å². The maximum atomic E-state index is 6.42. The highest BCUT2D eigenvalue weighted by atomic mass is 79.9. The normalized spacial score (nSPS) is 20.6. The minimum absolute atomic E-state index is 0.121. The van der Waals surface area contributed by atoms with Gasteiger partial charge < -0.3 is 9.15 Å². The molecule has 0 spiro atoms. The third-order valence-electron chi connectivity index (χ3n) is 5.45. The number of nitrogens with zero attached hydrogens (tertiary/aromatic N) is 2. The van der Waals surface area contributed by atoms with Gasteiger partial charge >= 0.3 is 0 Å². The van der Waals surface area contributed by atoms with Crippen molar-refractivity contribution < 1.29 is 9.15 Å². The highest BCUT2D eigenvalue weighted by Gasteiger charge is 2.41. The van der Waals surface area contributed by atoms with Crippen LogP contribution in [0.1, 0.15) is 60.9 Å². The van der Waals surface area contributed by atoms with Crippen LogP contribution >= 0.6 is 15.9 Å². The van der Waals surface area contributed by atoms with E-state index in [1.54, 1.807) is 6.26 Å². The molecular weight excluding hydrogens is 416 g/mol. The van der Waals surface area contributed by atoms with E-state index >= 15 is 0 Å². The van der Waals surface area contributed by atoms with Crippen molar-refractivity contribution in [2.24, 2.45) is 5.10 Å². The van der Waals surface area contributed by atoms with Crippen molar-refractivity contribution in [3.63, 3.8) is 0 Å². The number of benzene rings is 2. The Balaban J connectivity index is 1.57. The van der Waals surface area contributed by atoms with Crippen molar-refractivity contribution in [3.05, 3.63) is 87.8 Å². The second-order valence-electron chi connectivity index (χ2n) is 7.60. The van der Waals surface area contributed by atoms with E-state index in [-0.39, 0.29) is 12.3 Å². The first-order valence-corrected chi connectivity index (χ1v) is 10.3. The third kappa shape index (κ3) is 2.94. The molecule has 0 amide bonds. The molecule has 0 N–H and O–H groups in total. The lowest BCUT2D eigenvalue weighted by Gasteiger charge is -2.38. The summed E-state index contributed by atoms with van der Waals surface area (Å²) in [6.45, 7) is 4.41. The van der Waals surface area contributed by atoms with Crippen LogP contribution < -0.4 is 4.74 Å². The Morgan fingerprint density at radius 3 is 2.64 bits per heavy atom. The Morgan fingerprint density at radius 1 is 1.11 bits per heavy atom. The molecule has 4 nitrogen and oxygen atoms in total. The monoisotopic (exact) mass is 436 g/mol. The number of hydrogen-bond donors (Lipinski definition) is 0. The average Bonchev–Trinajstić information content (AvgIpc) is 3.37. The van der Waals surface area contributed by atoms with Gasteiger partial charge in [-0.05, 0) is 41.8 Å². The van der Waals surface area contributed by atoms with Crippen LogP contribution in [0.5, 0.6) is 5.75 Å². The van der Waals surface area contributed by atoms with Gasteiger partial charge in [0.15, 0.2) is 0 Å². The average molecular weight is 437 g/mol. The van der Waals surface area contributed by atoms with Gasteiger partial charge in [0, 0.05) is 22.0 Å². The fraction of sp³-hybridized carbons (Fsp3) is 0.261. The van der Waals surface area contributed by atoms with Crippen molar-refractivity contribution in [2.45, 2.75) is 38.5 Å². The molecule has 0 unspecified atom stereocenters. The maximum Gasteiger partial charge on any atom is 0.213 e. The smallest absolute Gasteiger partial charge is 0.213 e. The van der Waals surface area contributed by atoms with Gasteiger partial charge in [-0.2, -0.15) is 5.10 Å². The molecule has 2 aliphatic heterocycles. The van der Waals surface area contributed by atoms with Crippen LogP contribution in [0.3, 0.4) is 0 Å². The summed E-state index contributed by atoms with van der Waals surface area (Å²) >= 11 is 3.59. The summed E-state index contributed by atoms with van der Waals surface area (Å²) in [6, 6.07) is 18.9. The van der Waals surface area contributed by atoms with E-state index in [0.717, 1.165) is 39.2 Å². The Bertz CT molecular complexity index is 1030. The fourth-order valence-electron chi connectivity index (χ4n) is 3.92. The van der Waals surface area contributed by atoms with Crippen molar-refractivity contribution in [2.75, 3.05) is 0 Å². The predicted octanol–water partition coefficient (Wildman–Crippen LogP) is 6.41. The standard InChI is InChI=1S/C23H21BrN2O2/c1-14(2)15-5-7-16(8-6-15)23-26-20(13-19(25-26)22-4-3-11-27-22)18-12-17(24)9-10-21(18)28-23/h3-12,14,20,23H,13H2,1-2H3/t20-,23-/m0/s1. The fourth-order valence-corrected chi connectivity index (χ4v) is 4.29. The molecule has 142 valence electrons. The van der Waals surface area contributed by atoms with Crippen molar-refractivity contribution in [3.8, 4) is 5.75 Å². The van der Waals surface area contributed by atoms with Crippen LogP contribution in [0.15, 0.2) is 74.9 Å². The van der Waals surface area contributed by atoms with E-state index in [0.29, 0.717) is 5.92 Å². The van der Waals surface area contributed by atoms with Crippen molar-refractivity contribution in [1.29, 1.82) is 0 Å². The zero-order chi connectivity index (χ0) is 19.3. The van der Waals surface area contributed by atoms with Gasteiger partial charge in [-0.1, -0.05) is 54.0 Å². The lowest BCUT2D eigenvalue weighted by Crippen LogP contribution is -2.33. The molecule has 2 aromatic carbocycles.